The maximum atomic E-state index is 11.8. The second kappa shape index (κ2) is 7.06. The number of benzene rings is 1. The van der Waals surface area contributed by atoms with Gasteiger partial charge in [-0.1, -0.05) is 30.4 Å². The normalized spacial score (nSPS) is 9.33. The Bertz CT molecular complexity index is 430. The standard InChI is InChI=1S/C14H16N2O2/c1-3-10-16(11-4-2)14(18)13(17)15-12-8-6-5-7-9-12/h3-9H,1-2,10-11H2,(H,15,17). The van der Waals surface area contributed by atoms with E-state index in [1.807, 2.05) is 6.07 Å². The molecule has 94 valence electrons. The molecule has 0 aliphatic heterocycles. The van der Waals surface area contributed by atoms with Crippen molar-refractivity contribution in [3.63, 3.8) is 0 Å². The van der Waals surface area contributed by atoms with Crippen LogP contribution in [-0.2, 0) is 9.59 Å². The molecule has 4 nitrogen and oxygen atoms in total. The smallest absolute Gasteiger partial charge is 0.313 e. The van der Waals surface area contributed by atoms with Crippen molar-refractivity contribution in [3.05, 3.63) is 55.6 Å². The molecular weight excluding hydrogens is 228 g/mol. The number of amides is 2. The summed E-state index contributed by atoms with van der Waals surface area (Å²) in [6.07, 6.45) is 3.13. The maximum absolute atomic E-state index is 11.8. The molecule has 0 fully saturated rings. The van der Waals surface area contributed by atoms with Gasteiger partial charge in [0.1, 0.15) is 0 Å². The van der Waals surface area contributed by atoms with Gasteiger partial charge in [0.05, 0.1) is 0 Å². The minimum atomic E-state index is -0.662. The lowest BCUT2D eigenvalue weighted by atomic mass is 10.3. The minimum Gasteiger partial charge on any atom is -0.327 e. The number of anilines is 1. The summed E-state index contributed by atoms with van der Waals surface area (Å²) in [5.41, 5.74) is 0.591. The molecule has 1 aromatic carbocycles. The van der Waals surface area contributed by atoms with Gasteiger partial charge in [0.15, 0.2) is 0 Å². The Morgan fingerprint density at radius 2 is 1.67 bits per heavy atom. The summed E-state index contributed by atoms with van der Waals surface area (Å²) in [5.74, 6) is -1.26. The Morgan fingerprint density at radius 3 is 2.17 bits per heavy atom. The lowest BCUT2D eigenvalue weighted by Gasteiger charge is -2.18. The molecule has 0 atom stereocenters. The first kappa shape index (κ1) is 13.7. The van der Waals surface area contributed by atoms with Gasteiger partial charge >= 0.3 is 11.8 Å². The topological polar surface area (TPSA) is 49.4 Å². The number of hydrogen-bond donors (Lipinski definition) is 1. The molecule has 0 saturated heterocycles. The number of rotatable bonds is 5. The second-order valence-electron chi connectivity index (χ2n) is 3.61. The fourth-order valence-corrected chi connectivity index (χ4v) is 1.40. The highest BCUT2D eigenvalue weighted by Crippen LogP contribution is 2.05. The van der Waals surface area contributed by atoms with Gasteiger partial charge in [-0.2, -0.15) is 0 Å². The van der Waals surface area contributed by atoms with Gasteiger partial charge in [0, 0.05) is 18.8 Å². The summed E-state index contributed by atoms with van der Waals surface area (Å²) >= 11 is 0. The SMILES string of the molecule is C=CCN(CC=C)C(=O)C(=O)Nc1ccccc1. The Labute approximate surface area is 107 Å². The van der Waals surface area contributed by atoms with Gasteiger partial charge in [0.2, 0.25) is 0 Å². The molecule has 0 aliphatic carbocycles. The first-order chi connectivity index (χ1) is 8.69. The molecule has 0 heterocycles. The maximum Gasteiger partial charge on any atom is 0.313 e. The van der Waals surface area contributed by atoms with Crippen LogP contribution in [0.4, 0.5) is 5.69 Å². The van der Waals surface area contributed by atoms with E-state index >= 15 is 0 Å². The molecule has 18 heavy (non-hydrogen) atoms. The number of para-hydroxylation sites is 1. The third-order valence-corrected chi connectivity index (χ3v) is 2.21. The van der Waals surface area contributed by atoms with Crippen LogP contribution >= 0.6 is 0 Å². The molecule has 1 N–H and O–H groups in total. The van der Waals surface area contributed by atoms with Gasteiger partial charge in [-0.05, 0) is 12.1 Å². The summed E-state index contributed by atoms with van der Waals surface area (Å²) in [7, 11) is 0. The third kappa shape index (κ3) is 3.90. The van der Waals surface area contributed by atoms with E-state index in [0.717, 1.165) is 0 Å². The first-order valence-corrected chi connectivity index (χ1v) is 5.56. The molecule has 0 aliphatic rings. The molecule has 0 saturated carbocycles. The van der Waals surface area contributed by atoms with Crippen molar-refractivity contribution in [1.29, 1.82) is 0 Å². The highest BCUT2D eigenvalue weighted by Gasteiger charge is 2.19. The van der Waals surface area contributed by atoms with Crippen molar-refractivity contribution in [2.24, 2.45) is 0 Å². The highest BCUT2D eigenvalue weighted by molar-refractivity contribution is 6.39. The summed E-state index contributed by atoms with van der Waals surface area (Å²) in [5, 5.41) is 2.54. The van der Waals surface area contributed by atoms with Gasteiger partial charge in [-0.25, -0.2) is 0 Å². The van der Waals surface area contributed by atoms with Crippen LogP contribution in [0.1, 0.15) is 0 Å². The van der Waals surface area contributed by atoms with Crippen molar-refractivity contribution in [1.82, 2.24) is 4.90 Å². The van der Waals surface area contributed by atoms with Gasteiger partial charge in [0.25, 0.3) is 0 Å². The van der Waals surface area contributed by atoms with Crippen molar-refractivity contribution >= 4 is 17.5 Å². The highest BCUT2D eigenvalue weighted by atomic mass is 16.2. The summed E-state index contributed by atoms with van der Waals surface area (Å²) < 4.78 is 0. The zero-order valence-electron chi connectivity index (χ0n) is 10.1. The average Bonchev–Trinajstić information content (AvgIpc) is 2.39. The van der Waals surface area contributed by atoms with Crippen LogP contribution < -0.4 is 5.32 Å². The average molecular weight is 244 g/mol. The van der Waals surface area contributed by atoms with Gasteiger partial charge < -0.3 is 10.2 Å². The largest absolute Gasteiger partial charge is 0.327 e. The molecule has 1 rings (SSSR count). The van der Waals surface area contributed by atoms with Crippen LogP contribution in [0.25, 0.3) is 0 Å². The fourth-order valence-electron chi connectivity index (χ4n) is 1.40. The van der Waals surface area contributed by atoms with Crippen LogP contribution in [0.5, 0.6) is 0 Å². The molecule has 2 amide bonds. The summed E-state index contributed by atoms with van der Waals surface area (Å²) in [6.45, 7) is 7.72. The van der Waals surface area contributed by atoms with Gasteiger partial charge in [-0.3, -0.25) is 9.59 Å². The summed E-state index contributed by atoms with van der Waals surface area (Å²) in [4.78, 5) is 24.9. The summed E-state index contributed by atoms with van der Waals surface area (Å²) in [6, 6.07) is 8.84. The Hall–Kier alpha value is -2.36. The van der Waals surface area contributed by atoms with E-state index in [-0.39, 0.29) is 0 Å². The van der Waals surface area contributed by atoms with Crippen molar-refractivity contribution in [3.8, 4) is 0 Å². The van der Waals surface area contributed by atoms with Crippen molar-refractivity contribution < 1.29 is 9.59 Å². The number of nitrogens with zero attached hydrogens (tertiary/aromatic N) is 1. The Morgan fingerprint density at radius 1 is 1.11 bits per heavy atom. The number of nitrogens with one attached hydrogen (secondary N) is 1. The predicted molar refractivity (Wildman–Crippen MR) is 72.0 cm³/mol. The number of hydrogen-bond acceptors (Lipinski definition) is 2. The predicted octanol–water partition coefficient (Wildman–Crippen LogP) is 1.83. The van der Waals surface area contributed by atoms with Crippen LogP contribution in [0.3, 0.4) is 0 Å². The van der Waals surface area contributed by atoms with Crippen LogP contribution in [-0.4, -0.2) is 29.8 Å². The number of carbonyl (C=O) groups excluding carboxylic acids is 2. The van der Waals surface area contributed by atoms with E-state index in [4.69, 9.17) is 0 Å². The second-order valence-corrected chi connectivity index (χ2v) is 3.61. The first-order valence-electron chi connectivity index (χ1n) is 5.56. The molecule has 0 bridgehead atoms. The van der Waals surface area contributed by atoms with E-state index in [0.29, 0.717) is 18.8 Å². The Kier molecular flexibility index (Phi) is 5.38. The quantitative estimate of drug-likeness (QED) is 0.634. The molecule has 0 unspecified atom stereocenters. The Balaban J connectivity index is 2.67. The van der Waals surface area contributed by atoms with Crippen LogP contribution in [0.15, 0.2) is 55.6 Å². The zero-order valence-corrected chi connectivity index (χ0v) is 10.1. The van der Waals surface area contributed by atoms with Crippen LogP contribution in [0.2, 0.25) is 0 Å². The van der Waals surface area contributed by atoms with Crippen molar-refractivity contribution in [2.45, 2.75) is 0 Å². The molecule has 0 aromatic heterocycles. The lowest BCUT2D eigenvalue weighted by Crippen LogP contribution is -2.39. The van der Waals surface area contributed by atoms with Crippen molar-refractivity contribution in [2.75, 3.05) is 18.4 Å². The van der Waals surface area contributed by atoms with E-state index in [9.17, 15) is 9.59 Å². The molecular formula is C14H16N2O2. The lowest BCUT2D eigenvalue weighted by molar-refractivity contribution is -0.142. The fraction of sp³-hybridized carbons (Fsp3) is 0.143. The molecule has 1 aromatic rings. The number of carbonyl (C=O) groups is 2. The van der Waals surface area contributed by atoms with E-state index in [2.05, 4.69) is 18.5 Å². The monoisotopic (exact) mass is 244 g/mol. The van der Waals surface area contributed by atoms with Gasteiger partial charge in [-0.15, -0.1) is 13.2 Å². The van der Waals surface area contributed by atoms with E-state index in [1.54, 1.807) is 36.4 Å². The van der Waals surface area contributed by atoms with Crippen LogP contribution in [0, 0.1) is 0 Å². The molecule has 0 spiro atoms. The third-order valence-electron chi connectivity index (χ3n) is 2.21. The minimum absolute atomic E-state index is 0.313. The van der Waals surface area contributed by atoms with E-state index in [1.165, 1.54) is 4.90 Å². The molecule has 0 radical (unpaired) electrons. The zero-order chi connectivity index (χ0) is 13.4. The van der Waals surface area contributed by atoms with E-state index < -0.39 is 11.8 Å². The molecule has 4 heteroatoms.